The van der Waals surface area contributed by atoms with E-state index in [0.29, 0.717) is 18.2 Å². The molecule has 2 aliphatic heterocycles. The van der Waals surface area contributed by atoms with Crippen LogP contribution in [-0.2, 0) is 9.47 Å². The molecule has 3 atom stereocenters. The fraction of sp³-hybridized carbons (Fsp3) is 1.00. The standard InChI is InChI=1S/C13H26N2O2/c1-11-10-16-9-7-15(11)6-5-14-12(2)13-4-3-8-17-13/h11-14H,3-10H2,1-2H3. The van der Waals surface area contributed by atoms with Crippen molar-refractivity contribution >= 4 is 0 Å². The molecule has 0 spiro atoms. The Morgan fingerprint density at radius 3 is 3.00 bits per heavy atom. The summed E-state index contributed by atoms with van der Waals surface area (Å²) in [5.41, 5.74) is 0. The van der Waals surface area contributed by atoms with Gasteiger partial charge in [0.2, 0.25) is 0 Å². The Kier molecular flexibility index (Phi) is 5.22. The number of nitrogens with one attached hydrogen (secondary N) is 1. The Balaban J connectivity index is 1.61. The van der Waals surface area contributed by atoms with Crippen LogP contribution in [0.25, 0.3) is 0 Å². The lowest BCUT2D eigenvalue weighted by molar-refractivity contribution is -0.000667. The van der Waals surface area contributed by atoms with Gasteiger partial charge in [0.25, 0.3) is 0 Å². The van der Waals surface area contributed by atoms with Crippen molar-refractivity contribution in [3.05, 3.63) is 0 Å². The van der Waals surface area contributed by atoms with E-state index in [1.165, 1.54) is 12.8 Å². The number of rotatable bonds is 5. The van der Waals surface area contributed by atoms with Crippen LogP contribution in [-0.4, -0.2) is 62.5 Å². The lowest BCUT2D eigenvalue weighted by Crippen LogP contribution is -2.48. The molecule has 17 heavy (non-hydrogen) atoms. The quantitative estimate of drug-likeness (QED) is 0.775. The lowest BCUT2D eigenvalue weighted by atomic mass is 10.1. The molecule has 0 aromatic carbocycles. The van der Waals surface area contributed by atoms with Crippen molar-refractivity contribution in [2.45, 2.75) is 44.9 Å². The zero-order chi connectivity index (χ0) is 12.1. The summed E-state index contributed by atoms with van der Waals surface area (Å²) in [4.78, 5) is 2.50. The Morgan fingerprint density at radius 2 is 2.29 bits per heavy atom. The topological polar surface area (TPSA) is 33.7 Å². The minimum atomic E-state index is 0.428. The molecule has 2 fully saturated rings. The summed E-state index contributed by atoms with van der Waals surface area (Å²) < 4.78 is 11.1. The highest BCUT2D eigenvalue weighted by molar-refractivity contribution is 4.78. The summed E-state index contributed by atoms with van der Waals surface area (Å²) in [5, 5.41) is 3.58. The molecular formula is C13H26N2O2. The van der Waals surface area contributed by atoms with Crippen molar-refractivity contribution in [2.24, 2.45) is 0 Å². The van der Waals surface area contributed by atoms with E-state index in [0.717, 1.165) is 39.5 Å². The van der Waals surface area contributed by atoms with Gasteiger partial charge in [0.1, 0.15) is 0 Å². The predicted molar refractivity (Wildman–Crippen MR) is 68.3 cm³/mol. The van der Waals surface area contributed by atoms with E-state index in [1.54, 1.807) is 0 Å². The molecule has 0 saturated carbocycles. The van der Waals surface area contributed by atoms with Gasteiger partial charge in [-0.2, -0.15) is 0 Å². The molecule has 100 valence electrons. The summed E-state index contributed by atoms with van der Waals surface area (Å²) in [6, 6.07) is 1.04. The maximum absolute atomic E-state index is 5.68. The third-order valence-corrected chi connectivity index (χ3v) is 3.89. The van der Waals surface area contributed by atoms with Crippen molar-refractivity contribution in [3.8, 4) is 0 Å². The van der Waals surface area contributed by atoms with Crippen LogP contribution < -0.4 is 5.32 Å². The molecule has 0 aromatic heterocycles. The fourth-order valence-corrected chi connectivity index (χ4v) is 2.66. The summed E-state index contributed by atoms with van der Waals surface area (Å²) in [6.45, 7) is 10.4. The highest BCUT2D eigenvalue weighted by Crippen LogP contribution is 2.15. The molecule has 2 saturated heterocycles. The van der Waals surface area contributed by atoms with Gasteiger partial charge in [-0.1, -0.05) is 0 Å². The number of hydrogen-bond donors (Lipinski definition) is 1. The first-order valence-electron chi connectivity index (χ1n) is 6.94. The Bertz CT molecular complexity index is 219. The first kappa shape index (κ1) is 13.3. The molecular weight excluding hydrogens is 216 g/mol. The maximum atomic E-state index is 5.68. The van der Waals surface area contributed by atoms with Crippen LogP contribution in [0.3, 0.4) is 0 Å². The SMILES string of the molecule is CC(NCCN1CCOCC1C)C1CCCO1. The van der Waals surface area contributed by atoms with E-state index in [-0.39, 0.29) is 0 Å². The summed E-state index contributed by atoms with van der Waals surface area (Å²) in [5.74, 6) is 0. The van der Waals surface area contributed by atoms with Crippen LogP contribution in [0.1, 0.15) is 26.7 Å². The number of nitrogens with zero attached hydrogens (tertiary/aromatic N) is 1. The molecule has 0 aromatic rings. The molecule has 0 aliphatic carbocycles. The van der Waals surface area contributed by atoms with Crippen LogP contribution >= 0.6 is 0 Å². The second kappa shape index (κ2) is 6.69. The molecule has 0 bridgehead atoms. The van der Waals surface area contributed by atoms with Gasteiger partial charge in [-0.15, -0.1) is 0 Å². The first-order chi connectivity index (χ1) is 8.27. The van der Waals surface area contributed by atoms with Gasteiger partial charge in [0.05, 0.1) is 19.3 Å². The van der Waals surface area contributed by atoms with Crippen LogP contribution in [0.4, 0.5) is 0 Å². The normalized spacial score (nSPS) is 32.8. The van der Waals surface area contributed by atoms with Gasteiger partial charge in [0.15, 0.2) is 0 Å². The van der Waals surface area contributed by atoms with Crippen LogP contribution in [0.15, 0.2) is 0 Å². The Hall–Kier alpha value is -0.160. The molecule has 4 heteroatoms. The summed E-state index contributed by atoms with van der Waals surface area (Å²) >= 11 is 0. The summed E-state index contributed by atoms with van der Waals surface area (Å²) in [6.07, 6.45) is 2.86. The van der Waals surface area contributed by atoms with Crippen LogP contribution in [0, 0.1) is 0 Å². The van der Waals surface area contributed by atoms with E-state index in [2.05, 4.69) is 24.1 Å². The maximum Gasteiger partial charge on any atom is 0.0726 e. The molecule has 2 heterocycles. The molecule has 3 unspecified atom stereocenters. The molecule has 2 rings (SSSR count). The average molecular weight is 242 g/mol. The largest absolute Gasteiger partial charge is 0.379 e. The fourth-order valence-electron chi connectivity index (χ4n) is 2.66. The van der Waals surface area contributed by atoms with Gasteiger partial charge in [-0.3, -0.25) is 4.90 Å². The van der Waals surface area contributed by atoms with Crippen molar-refractivity contribution in [3.63, 3.8) is 0 Å². The van der Waals surface area contributed by atoms with Gasteiger partial charge in [-0.25, -0.2) is 0 Å². The van der Waals surface area contributed by atoms with Gasteiger partial charge in [0, 0.05) is 38.3 Å². The van der Waals surface area contributed by atoms with E-state index in [1.807, 2.05) is 0 Å². The predicted octanol–water partition coefficient (Wildman–Crippen LogP) is 0.864. The number of ether oxygens (including phenoxy) is 2. The molecule has 2 aliphatic rings. The number of morpholine rings is 1. The van der Waals surface area contributed by atoms with Crippen molar-refractivity contribution in [1.82, 2.24) is 10.2 Å². The van der Waals surface area contributed by atoms with Crippen molar-refractivity contribution < 1.29 is 9.47 Å². The monoisotopic (exact) mass is 242 g/mol. The van der Waals surface area contributed by atoms with E-state index in [4.69, 9.17) is 9.47 Å². The molecule has 1 N–H and O–H groups in total. The van der Waals surface area contributed by atoms with Gasteiger partial charge >= 0.3 is 0 Å². The van der Waals surface area contributed by atoms with Crippen molar-refractivity contribution in [1.29, 1.82) is 0 Å². The smallest absolute Gasteiger partial charge is 0.0726 e. The van der Waals surface area contributed by atoms with E-state index in [9.17, 15) is 0 Å². The van der Waals surface area contributed by atoms with Crippen molar-refractivity contribution in [2.75, 3.05) is 39.5 Å². The van der Waals surface area contributed by atoms with Crippen LogP contribution in [0.2, 0.25) is 0 Å². The van der Waals surface area contributed by atoms with Crippen LogP contribution in [0.5, 0.6) is 0 Å². The summed E-state index contributed by atoms with van der Waals surface area (Å²) in [7, 11) is 0. The zero-order valence-electron chi connectivity index (χ0n) is 11.2. The number of hydrogen-bond acceptors (Lipinski definition) is 4. The second-order valence-corrected chi connectivity index (χ2v) is 5.25. The minimum Gasteiger partial charge on any atom is -0.379 e. The minimum absolute atomic E-state index is 0.428. The third-order valence-electron chi connectivity index (χ3n) is 3.89. The highest BCUT2D eigenvalue weighted by Gasteiger charge is 2.22. The van der Waals surface area contributed by atoms with Gasteiger partial charge < -0.3 is 14.8 Å². The lowest BCUT2D eigenvalue weighted by Gasteiger charge is -2.33. The molecule has 4 nitrogen and oxygen atoms in total. The Morgan fingerprint density at radius 1 is 1.41 bits per heavy atom. The van der Waals surface area contributed by atoms with Gasteiger partial charge in [-0.05, 0) is 26.7 Å². The Labute approximate surface area is 105 Å². The average Bonchev–Trinajstić information content (AvgIpc) is 2.85. The molecule has 0 radical (unpaired) electrons. The van der Waals surface area contributed by atoms with E-state index >= 15 is 0 Å². The third kappa shape index (κ3) is 3.91. The first-order valence-corrected chi connectivity index (χ1v) is 6.94. The van der Waals surface area contributed by atoms with E-state index < -0.39 is 0 Å². The second-order valence-electron chi connectivity index (χ2n) is 5.25. The molecule has 0 amide bonds. The zero-order valence-corrected chi connectivity index (χ0v) is 11.2. The highest BCUT2D eigenvalue weighted by atomic mass is 16.5.